The van der Waals surface area contributed by atoms with E-state index in [1.54, 1.807) is 0 Å². The lowest BCUT2D eigenvalue weighted by atomic mass is 9.49. The van der Waals surface area contributed by atoms with Crippen LogP contribution in [0, 0.1) is 52.3 Å². The molecule has 37 heavy (non-hydrogen) atoms. The van der Waals surface area contributed by atoms with E-state index in [0.29, 0.717) is 37.0 Å². The van der Waals surface area contributed by atoms with Gasteiger partial charge in [-0.15, -0.1) is 0 Å². The van der Waals surface area contributed by atoms with Gasteiger partial charge in [-0.2, -0.15) is 0 Å². The van der Waals surface area contributed by atoms with Gasteiger partial charge in [0.25, 0.3) is 0 Å². The van der Waals surface area contributed by atoms with Crippen LogP contribution in [-0.4, -0.2) is 56.9 Å². The number of esters is 1. The number of carbonyl (C=O) groups is 1. The van der Waals surface area contributed by atoms with E-state index in [0.717, 1.165) is 38.5 Å². The third kappa shape index (κ3) is 4.70. The Kier molecular flexibility index (Phi) is 7.81. The molecule has 0 unspecified atom stereocenters. The fraction of sp³-hybridized carbons (Fsp3) is 0.968. The van der Waals surface area contributed by atoms with Crippen LogP contribution in [-0.2, 0) is 9.53 Å². The highest BCUT2D eigenvalue weighted by molar-refractivity contribution is 5.70. The second-order valence-corrected chi connectivity index (χ2v) is 14.5. The van der Waals surface area contributed by atoms with Gasteiger partial charge in [0.1, 0.15) is 6.10 Å². The van der Waals surface area contributed by atoms with Gasteiger partial charge in [0.2, 0.25) is 0 Å². The molecule has 6 heteroatoms. The summed E-state index contributed by atoms with van der Waals surface area (Å²) in [6.45, 7) is 8.82. The average molecular weight is 521 g/mol. The van der Waals surface area contributed by atoms with E-state index in [1.807, 2.05) is 0 Å². The Morgan fingerprint density at radius 1 is 0.838 bits per heavy atom. The number of hydrogen-bond donors (Lipinski definition) is 4. The minimum atomic E-state index is -0.836. The molecule has 0 aromatic heterocycles. The molecule has 5 fully saturated rings. The Labute approximate surface area is 223 Å². The quantitative estimate of drug-likeness (QED) is 0.399. The molecule has 5 rings (SSSR count). The Bertz CT molecular complexity index is 827. The molecule has 0 bridgehead atoms. The zero-order valence-electron chi connectivity index (χ0n) is 23.5. The minimum Gasteiger partial charge on any atom is -0.462 e. The van der Waals surface area contributed by atoms with Gasteiger partial charge in [-0.25, -0.2) is 0 Å². The Morgan fingerprint density at radius 2 is 1.49 bits per heavy atom. The summed E-state index contributed by atoms with van der Waals surface area (Å²) in [4.78, 5) is 13.0. The lowest BCUT2D eigenvalue weighted by molar-refractivity contribution is -0.175. The first-order valence-corrected chi connectivity index (χ1v) is 15.4. The molecule has 0 radical (unpaired) electrons. The summed E-state index contributed by atoms with van der Waals surface area (Å²) >= 11 is 0. The maximum Gasteiger partial charge on any atom is 0.306 e. The standard InChI is InChI=1S/C31H52O6/c1-17(19-8-6-5-7-9-19)28(35)29(36)18(2)21-10-11-22-20-14-27(34)37-26-15-24(32)25(33)16-31(26,4)23(20)12-13-30(21,22)3/h17-26,28-29,32-33,35-36H,5-16H2,1-4H3/t17-,18-,20-,21+,22-,23-,24-,25+,26-,28+,29+,30+,31+/m0/s1. The van der Waals surface area contributed by atoms with Gasteiger partial charge in [-0.05, 0) is 78.9 Å². The smallest absolute Gasteiger partial charge is 0.306 e. The lowest BCUT2D eigenvalue weighted by Crippen LogP contribution is -2.55. The van der Waals surface area contributed by atoms with Crippen molar-refractivity contribution in [2.45, 2.75) is 135 Å². The second-order valence-electron chi connectivity index (χ2n) is 14.5. The number of hydrogen-bond acceptors (Lipinski definition) is 6. The number of ether oxygens (including phenoxy) is 1. The number of rotatable bonds is 5. The van der Waals surface area contributed by atoms with Crippen LogP contribution in [0.4, 0.5) is 0 Å². The molecule has 4 aliphatic carbocycles. The Morgan fingerprint density at radius 3 is 2.19 bits per heavy atom. The highest BCUT2D eigenvalue weighted by atomic mass is 16.5. The van der Waals surface area contributed by atoms with Crippen LogP contribution >= 0.6 is 0 Å². The topological polar surface area (TPSA) is 107 Å². The van der Waals surface area contributed by atoms with Gasteiger partial charge in [0.15, 0.2) is 0 Å². The molecule has 4 N–H and O–H groups in total. The molecule has 1 saturated heterocycles. The summed E-state index contributed by atoms with van der Waals surface area (Å²) in [6, 6.07) is 0. The van der Waals surface area contributed by atoms with Crippen LogP contribution in [0.1, 0.15) is 105 Å². The van der Waals surface area contributed by atoms with Crippen LogP contribution in [0.3, 0.4) is 0 Å². The molecule has 1 aliphatic heterocycles. The van der Waals surface area contributed by atoms with Crippen LogP contribution in [0.15, 0.2) is 0 Å². The second kappa shape index (κ2) is 10.4. The number of carbonyl (C=O) groups excluding carboxylic acids is 1. The first-order valence-electron chi connectivity index (χ1n) is 15.4. The summed E-state index contributed by atoms with van der Waals surface area (Å²) in [6.07, 6.45) is 7.96. The van der Waals surface area contributed by atoms with Gasteiger partial charge >= 0.3 is 5.97 Å². The maximum absolute atomic E-state index is 13.0. The molecule has 4 saturated carbocycles. The Hall–Kier alpha value is -0.690. The van der Waals surface area contributed by atoms with Crippen molar-refractivity contribution in [1.29, 1.82) is 0 Å². The molecule has 0 spiro atoms. The predicted molar refractivity (Wildman–Crippen MR) is 141 cm³/mol. The SMILES string of the molecule is C[C@H]([C@@H](O)[C@H](O)[C@@H](C)C1CCCCC1)[C@H]1CC[C@H]2[C@@H]3CC(=O)O[C@H]4C[C@H](O)[C@H](O)C[C@]4(C)[C@H]3CC[C@]12C. The fourth-order valence-corrected chi connectivity index (χ4v) is 10.4. The molecule has 13 atom stereocenters. The van der Waals surface area contributed by atoms with E-state index in [4.69, 9.17) is 4.74 Å². The predicted octanol–water partition coefficient (Wildman–Crippen LogP) is 4.46. The first-order chi connectivity index (χ1) is 17.5. The van der Waals surface area contributed by atoms with Gasteiger partial charge in [-0.3, -0.25) is 4.79 Å². The van der Waals surface area contributed by atoms with E-state index in [2.05, 4.69) is 27.7 Å². The number of fused-ring (bicyclic) bond motifs is 5. The van der Waals surface area contributed by atoms with Gasteiger partial charge in [0, 0.05) is 18.3 Å². The van der Waals surface area contributed by atoms with Gasteiger partial charge in [0.05, 0.1) is 24.4 Å². The average Bonchev–Trinajstić information content (AvgIpc) is 3.18. The highest BCUT2D eigenvalue weighted by Crippen LogP contribution is 2.66. The largest absolute Gasteiger partial charge is 0.462 e. The number of aliphatic hydroxyl groups is 4. The molecule has 6 nitrogen and oxygen atoms in total. The summed E-state index contributed by atoms with van der Waals surface area (Å²) in [7, 11) is 0. The zero-order chi connectivity index (χ0) is 26.7. The highest BCUT2D eigenvalue weighted by Gasteiger charge is 2.62. The van der Waals surface area contributed by atoms with Crippen molar-refractivity contribution in [2.75, 3.05) is 0 Å². The van der Waals surface area contributed by atoms with E-state index < -0.39 is 24.4 Å². The van der Waals surface area contributed by atoms with Crippen molar-refractivity contribution in [2.24, 2.45) is 52.3 Å². The third-order valence-electron chi connectivity index (χ3n) is 12.8. The molecule has 0 aromatic rings. The zero-order valence-corrected chi connectivity index (χ0v) is 23.5. The van der Waals surface area contributed by atoms with Crippen molar-refractivity contribution in [3.63, 3.8) is 0 Å². The summed E-state index contributed by atoms with van der Waals surface area (Å²) in [5.74, 6) is 1.60. The molecule has 5 aliphatic rings. The van der Waals surface area contributed by atoms with Crippen LogP contribution < -0.4 is 0 Å². The Balaban J connectivity index is 1.34. The van der Waals surface area contributed by atoms with E-state index >= 15 is 0 Å². The van der Waals surface area contributed by atoms with Crippen molar-refractivity contribution < 1.29 is 30.0 Å². The fourth-order valence-electron chi connectivity index (χ4n) is 10.4. The molecular formula is C31H52O6. The minimum absolute atomic E-state index is 0.000283. The van der Waals surface area contributed by atoms with E-state index in [9.17, 15) is 25.2 Å². The molecule has 1 heterocycles. The van der Waals surface area contributed by atoms with Crippen LogP contribution in [0.2, 0.25) is 0 Å². The summed E-state index contributed by atoms with van der Waals surface area (Å²) < 4.78 is 5.96. The third-order valence-corrected chi connectivity index (χ3v) is 12.8. The van der Waals surface area contributed by atoms with E-state index in [-0.39, 0.29) is 46.6 Å². The van der Waals surface area contributed by atoms with E-state index in [1.165, 1.54) is 19.3 Å². The molecule has 0 aromatic carbocycles. The van der Waals surface area contributed by atoms with Crippen molar-refractivity contribution in [3.8, 4) is 0 Å². The van der Waals surface area contributed by atoms with Crippen molar-refractivity contribution in [1.82, 2.24) is 0 Å². The molecule has 212 valence electrons. The van der Waals surface area contributed by atoms with Gasteiger partial charge < -0.3 is 25.2 Å². The van der Waals surface area contributed by atoms with Gasteiger partial charge in [-0.1, -0.05) is 59.8 Å². The molecular weight excluding hydrogens is 468 g/mol. The van der Waals surface area contributed by atoms with Crippen molar-refractivity contribution in [3.05, 3.63) is 0 Å². The lowest BCUT2D eigenvalue weighted by Gasteiger charge is -2.56. The summed E-state index contributed by atoms with van der Waals surface area (Å²) in [5, 5.41) is 43.6. The normalized spacial score (nSPS) is 48.0. The summed E-state index contributed by atoms with van der Waals surface area (Å²) in [5.41, 5.74) is -0.315. The van der Waals surface area contributed by atoms with Crippen LogP contribution in [0.5, 0.6) is 0 Å². The monoisotopic (exact) mass is 520 g/mol. The van der Waals surface area contributed by atoms with Crippen molar-refractivity contribution >= 4 is 5.97 Å². The van der Waals surface area contributed by atoms with Crippen LogP contribution in [0.25, 0.3) is 0 Å². The number of aliphatic hydroxyl groups excluding tert-OH is 4. The molecule has 0 amide bonds. The first kappa shape index (κ1) is 27.9. The maximum atomic E-state index is 13.0.